The third-order valence-corrected chi connectivity index (χ3v) is 3.79. The van der Waals surface area contributed by atoms with E-state index in [1.807, 2.05) is 0 Å². The van der Waals surface area contributed by atoms with Gasteiger partial charge in [0.15, 0.2) is 11.6 Å². The number of aromatic nitrogens is 1. The van der Waals surface area contributed by atoms with Crippen LogP contribution in [0.4, 0.5) is 14.5 Å². The molecule has 0 saturated carbocycles. The summed E-state index contributed by atoms with van der Waals surface area (Å²) in [5.74, 6) is -3.37. The van der Waals surface area contributed by atoms with Crippen molar-refractivity contribution in [2.75, 3.05) is 7.11 Å². The van der Waals surface area contributed by atoms with Crippen molar-refractivity contribution in [1.29, 1.82) is 0 Å². The Balaban J connectivity index is 2.37. The van der Waals surface area contributed by atoms with Crippen LogP contribution in [0.2, 0.25) is 0 Å². The van der Waals surface area contributed by atoms with Crippen LogP contribution in [0.25, 0.3) is 16.6 Å². The predicted molar refractivity (Wildman–Crippen MR) is 87.5 cm³/mol. The molecule has 9 heteroatoms. The van der Waals surface area contributed by atoms with E-state index in [-0.39, 0.29) is 22.2 Å². The van der Waals surface area contributed by atoms with Gasteiger partial charge in [-0.25, -0.2) is 13.6 Å². The molecule has 1 aromatic heterocycles. The average molecular weight is 360 g/mol. The maximum Gasteiger partial charge on any atom is 0.343 e. The summed E-state index contributed by atoms with van der Waals surface area (Å²) in [6, 6.07) is 6.62. The zero-order valence-corrected chi connectivity index (χ0v) is 13.2. The Morgan fingerprint density at radius 1 is 1.15 bits per heavy atom. The maximum absolute atomic E-state index is 13.7. The van der Waals surface area contributed by atoms with Gasteiger partial charge >= 0.3 is 5.97 Å². The van der Waals surface area contributed by atoms with E-state index in [4.69, 9.17) is 0 Å². The van der Waals surface area contributed by atoms with Gasteiger partial charge in [0.05, 0.1) is 22.9 Å². The number of carbonyl (C=O) groups is 1. The smallest absolute Gasteiger partial charge is 0.343 e. The van der Waals surface area contributed by atoms with Crippen molar-refractivity contribution in [1.82, 2.24) is 4.57 Å². The second-order valence-corrected chi connectivity index (χ2v) is 5.29. The number of rotatable bonds is 3. The molecule has 0 amide bonds. The van der Waals surface area contributed by atoms with E-state index < -0.39 is 28.0 Å². The molecule has 0 bridgehead atoms. The highest BCUT2D eigenvalue weighted by molar-refractivity contribution is 5.94. The lowest BCUT2D eigenvalue weighted by Crippen LogP contribution is -2.20. The summed E-state index contributed by atoms with van der Waals surface area (Å²) in [4.78, 5) is 34.5. The maximum atomic E-state index is 13.7. The van der Waals surface area contributed by atoms with Crippen LogP contribution in [0.15, 0.2) is 47.4 Å². The standard InChI is InChI=1S/C17H10F2N2O5/c1-26-17(23)12-8-20(9-2-4-10(5-3-9)21(24)25)15-7-14(19)13(18)6-11(15)16(12)22/h2-8H,1H3. The van der Waals surface area contributed by atoms with Crippen molar-refractivity contribution >= 4 is 22.6 Å². The number of benzene rings is 2. The van der Waals surface area contributed by atoms with Gasteiger partial charge in [-0.15, -0.1) is 0 Å². The molecular formula is C17H10F2N2O5. The monoisotopic (exact) mass is 360 g/mol. The lowest BCUT2D eigenvalue weighted by molar-refractivity contribution is -0.384. The van der Waals surface area contributed by atoms with Gasteiger partial charge in [-0.1, -0.05) is 0 Å². The molecule has 0 atom stereocenters. The molecule has 0 saturated heterocycles. The topological polar surface area (TPSA) is 91.4 Å². The van der Waals surface area contributed by atoms with Gasteiger partial charge in [0.25, 0.3) is 5.69 Å². The first-order valence-electron chi connectivity index (χ1n) is 7.21. The average Bonchev–Trinajstić information content (AvgIpc) is 2.63. The first-order valence-corrected chi connectivity index (χ1v) is 7.21. The van der Waals surface area contributed by atoms with Crippen LogP contribution >= 0.6 is 0 Å². The van der Waals surface area contributed by atoms with E-state index in [2.05, 4.69) is 4.74 Å². The Hall–Kier alpha value is -3.62. The van der Waals surface area contributed by atoms with E-state index in [0.29, 0.717) is 11.8 Å². The summed E-state index contributed by atoms with van der Waals surface area (Å²) >= 11 is 0. The van der Waals surface area contributed by atoms with Crippen LogP contribution in [-0.2, 0) is 4.74 Å². The molecule has 0 aliphatic heterocycles. The van der Waals surface area contributed by atoms with Gasteiger partial charge in [0, 0.05) is 30.1 Å². The SMILES string of the molecule is COC(=O)c1cn(-c2ccc([N+](=O)[O-])cc2)c2cc(F)c(F)cc2c1=O. The summed E-state index contributed by atoms with van der Waals surface area (Å²) in [7, 11) is 1.08. The van der Waals surface area contributed by atoms with Crippen LogP contribution in [-0.4, -0.2) is 22.6 Å². The predicted octanol–water partition coefficient (Wildman–Crippen LogP) is 2.96. The van der Waals surface area contributed by atoms with Crippen molar-refractivity contribution in [2.45, 2.75) is 0 Å². The summed E-state index contributed by atoms with van der Waals surface area (Å²) in [6.07, 6.45) is 1.12. The fraction of sp³-hybridized carbons (Fsp3) is 0.0588. The molecule has 0 unspecified atom stereocenters. The Morgan fingerprint density at radius 3 is 2.35 bits per heavy atom. The number of esters is 1. The molecule has 0 aliphatic carbocycles. The number of hydrogen-bond acceptors (Lipinski definition) is 5. The molecule has 0 N–H and O–H groups in total. The normalized spacial score (nSPS) is 10.7. The Bertz CT molecular complexity index is 1110. The van der Waals surface area contributed by atoms with Crippen molar-refractivity contribution in [3.8, 4) is 5.69 Å². The van der Waals surface area contributed by atoms with Gasteiger partial charge < -0.3 is 9.30 Å². The Labute approximate surface area is 144 Å². The molecule has 1 heterocycles. The number of hydrogen-bond donors (Lipinski definition) is 0. The molecule has 26 heavy (non-hydrogen) atoms. The molecule has 7 nitrogen and oxygen atoms in total. The van der Waals surface area contributed by atoms with Crippen molar-refractivity contribution < 1.29 is 23.2 Å². The molecule has 3 aromatic rings. The second kappa shape index (κ2) is 6.36. The zero-order valence-electron chi connectivity index (χ0n) is 13.2. The summed E-state index contributed by atoms with van der Waals surface area (Å²) in [5, 5.41) is 10.5. The molecular weight excluding hydrogens is 350 g/mol. The zero-order chi connectivity index (χ0) is 19.0. The van der Waals surface area contributed by atoms with E-state index in [1.54, 1.807) is 0 Å². The number of nitrogens with zero attached hydrogens (tertiary/aromatic N) is 2. The fourth-order valence-corrected chi connectivity index (χ4v) is 2.52. The van der Waals surface area contributed by atoms with E-state index in [9.17, 15) is 28.5 Å². The number of fused-ring (bicyclic) bond motifs is 1. The number of pyridine rings is 1. The van der Waals surface area contributed by atoms with E-state index in [1.165, 1.54) is 28.8 Å². The minimum absolute atomic E-state index is 0.00425. The van der Waals surface area contributed by atoms with Crippen LogP contribution in [0.5, 0.6) is 0 Å². The number of ether oxygens (including phenoxy) is 1. The lowest BCUT2D eigenvalue weighted by Gasteiger charge is -2.13. The second-order valence-electron chi connectivity index (χ2n) is 5.29. The number of carbonyl (C=O) groups excluding carboxylic acids is 1. The van der Waals surface area contributed by atoms with Crippen LogP contribution in [0.1, 0.15) is 10.4 Å². The molecule has 3 rings (SSSR count). The van der Waals surface area contributed by atoms with Gasteiger partial charge in [-0.3, -0.25) is 14.9 Å². The summed E-state index contributed by atoms with van der Waals surface area (Å²) < 4.78 is 33.1. The molecule has 0 aliphatic rings. The third kappa shape index (κ3) is 2.79. The minimum atomic E-state index is -1.24. The third-order valence-electron chi connectivity index (χ3n) is 3.79. The summed E-state index contributed by atoms with van der Waals surface area (Å²) in [5.41, 5.74) is -1.08. The molecule has 0 spiro atoms. The highest BCUT2D eigenvalue weighted by atomic mass is 19.2. The number of nitro groups is 1. The van der Waals surface area contributed by atoms with Crippen molar-refractivity contribution in [3.63, 3.8) is 0 Å². The van der Waals surface area contributed by atoms with Crippen LogP contribution in [0.3, 0.4) is 0 Å². The Kier molecular flexibility index (Phi) is 4.21. The largest absolute Gasteiger partial charge is 0.465 e. The van der Waals surface area contributed by atoms with Gasteiger partial charge in [0.1, 0.15) is 5.56 Å². The van der Waals surface area contributed by atoms with Gasteiger partial charge in [-0.05, 0) is 18.2 Å². The number of methoxy groups -OCH3 is 1. The van der Waals surface area contributed by atoms with E-state index >= 15 is 0 Å². The molecule has 132 valence electrons. The molecule has 0 radical (unpaired) electrons. The van der Waals surface area contributed by atoms with Crippen molar-refractivity contribution in [2.24, 2.45) is 0 Å². The lowest BCUT2D eigenvalue weighted by atomic mass is 10.1. The summed E-state index contributed by atoms with van der Waals surface area (Å²) in [6.45, 7) is 0. The van der Waals surface area contributed by atoms with Crippen LogP contribution < -0.4 is 5.43 Å². The molecule has 0 fully saturated rings. The molecule has 2 aromatic carbocycles. The minimum Gasteiger partial charge on any atom is -0.465 e. The van der Waals surface area contributed by atoms with Crippen molar-refractivity contribution in [3.05, 3.63) is 80.1 Å². The first-order chi connectivity index (χ1) is 12.3. The number of nitro benzene ring substituents is 1. The first kappa shape index (κ1) is 17.2. The van der Waals surface area contributed by atoms with Gasteiger partial charge in [-0.2, -0.15) is 0 Å². The quantitative estimate of drug-likeness (QED) is 0.407. The number of non-ortho nitro benzene ring substituents is 1. The van der Waals surface area contributed by atoms with Gasteiger partial charge in [0.2, 0.25) is 5.43 Å². The highest BCUT2D eigenvalue weighted by Crippen LogP contribution is 2.22. The Morgan fingerprint density at radius 2 is 1.77 bits per heavy atom. The fourth-order valence-electron chi connectivity index (χ4n) is 2.52. The number of halogens is 2. The van der Waals surface area contributed by atoms with Crippen LogP contribution in [0, 0.1) is 21.7 Å². The van der Waals surface area contributed by atoms with E-state index in [0.717, 1.165) is 19.4 Å². The highest BCUT2D eigenvalue weighted by Gasteiger charge is 2.19.